The number of amides is 1. The van der Waals surface area contributed by atoms with E-state index in [0.29, 0.717) is 16.8 Å². The summed E-state index contributed by atoms with van der Waals surface area (Å²) in [5, 5.41) is 2.96. The van der Waals surface area contributed by atoms with Crippen LogP contribution in [0.2, 0.25) is 0 Å². The minimum Gasteiger partial charge on any atom is -0.312 e. The van der Waals surface area contributed by atoms with Gasteiger partial charge in [0.25, 0.3) is 5.91 Å². The first-order valence-corrected chi connectivity index (χ1v) is 6.79. The third kappa shape index (κ3) is 1.73. The highest BCUT2D eigenvalue weighted by molar-refractivity contribution is 6.28. The molecule has 0 aromatic heterocycles. The summed E-state index contributed by atoms with van der Waals surface area (Å²) in [5.74, 6) is -0.477. The summed E-state index contributed by atoms with van der Waals surface area (Å²) in [6, 6.07) is 16.3. The number of nitrogens with one attached hydrogen (secondary N) is 1. The molecule has 0 saturated heterocycles. The van der Waals surface area contributed by atoms with Gasteiger partial charge in [0.2, 0.25) is 0 Å². The standard InChI is InChI=1S/C17H16N2O2/c1-18-17(12-8-4-3-5-9-12)15(20)13-10-6-7-11-14(13)19(2)16(17)21/h3-11,18H,1-2H3. The summed E-state index contributed by atoms with van der Waals surface area (Å²) in [6.45, 7) is 0. The van der Waals surface area contributed by atoms with Gasteiger partial charge in [-0.05, 0) is 24.7 Å². The molecule has 1 N–H and O–H groups in total. The molecule has 0 spiro atoms. The molecular formula is C17H16N2O2. The third-order valence-electron chi connectivity index (χ3n) is 4.06. The second kappa shape index (κ2) is 4.82. The Morgan fingerprint density at radius 3 is 2.24 bits per heavy atom. The zero-order chi connectivity index (χ0) is 15.0. The number of anilines is 1. The van der Waals surface area contributed by atoms with Crippen molar-refractivity contribution in [1.29, 1.82) is 0 Å². The summed E-state index contributed by atoms with van der Waals surface area (Å²) in [5.41, 5.74) is 0.501. The van der Waals surface area contributed by atoms with Gasteiger partial charge < -0.3 is 4.90 Å². The maximum absolute atomic E-state index is 13.0. The molecule has 0 fully saturated rings. The number of ketones is 1. The molecule has 0 radical (unpaired) electrons. The van der Waals surface area contributed by atoms with Crippen molar-refractivity contribution in [2.75, 3.05) is 19.0 Å². The smallest absolute Gasteiger partial charge is 0.259 e. The fourth-order valence-electron chi connectivity index (χ4n) is 2.93. The Bertz CT molecular complexity index is 712. The van der Waals surface area contributed by atoms with Crippen LogP contribution in [-0.2, 0) is 10.3 Å². The highest BCUT2D eigenvalue weighted by Gasteiger charge is 2.52. The normalized spacial score (nSPS) is 21.3. The van der Waals surface area contributed by atoms with Crippen molar-refractivity contribution < 1.29 is 9.59 Å². The summed E-state index contributed by atoms with van der Waals surface area (Å²) in [4.78, 5) is 27.5. The van der Waals surface area contributed by atoms with E-state index >= 15 is 0 Å². The first kappa shape index (κ1) is 13.5. The fourth-order valence-corrected chi connectivity index (χ4v) is 2.93. The summed E-state index contributed by atoms with van der Waals surface area (Å²) < 4.78 is 0. The Kier molecular flexibility index (Phi) is 3.11. The van der Waals surface area contributed by atoms with Crippen molar-refractivity contribution >= 4 is 17.4 Å². The van der Waals surface area contributed by atoms with Crippen LogP contribution in [0.3, 0.4) is 0 Å². The van der Waals surface area contributed by atoms with Crippen LogP contribution in [0.5, 0.6) is 0 Å². The van der Waals surface area contributed by atoms with Gasteiger partial charge in [0.1, 0.15) is 0 Å². The third-order valence-corrected chi connectivity index (χ3v) is 4.06. The molecule has 106 valence electrons. The second-order valence-corrected chi connectivity index (χ2v) is 5.08. The van der Waals surface area contributed by atoms with Crippen molar-refractivity contribution in [2.24, 2.45) is 0 Å². The van der Waals surface area contributed by atoms with Crippen LogP contribution in [0.15, 0.2) is 54.6 Å². The molecule has 2 aromatic rings. The largest absolute Gasteiger partial charge is 0.312 e. The Morgan fingerprint density at radius 2 is 1.57 bits per heavy atom. The van der Waals surface area contributed by atoms with Gasteiger partial charge >= 0.3 is 0 Å². The van der Waals surface area contributed by atoms with Crippen molar-refractivity contribution in [2.45, 2.75) is 5.54 Å². The van der Waals surface area contributed by atoms with Gasteiger partial charge in [-0.25, -0.2) is 0 Å². The molecule has 1 aliphatic heterocycles. The van der Waals surface area contributed by atoms with Crippen LogP contribution in [0.4, 0.5) is 5.69 Å². The molecule has 4 heteroatoms. The Labute approximate surface area is 123 Å². The van der Waals surface area contributed by atoms with Gasteiger partial charge in [-0.3, -0.25) is 14.9 Å². The van der Waals surface area contributed by atoms with Gasteiger partial charge in [0.15, 0.2) is 11.3 Å². The fraction of sp³-hybridized carbons (Fsp3) is 0.176. The molecule has 1 amide bonds. The van der Waals surface area contributed by atoms with Gasteiger partial charge in [-0.2, -0.15) is 0 Å². The predicted octanol–water partition coefficient (Wildman–Crippen LogP) is 1.96. The molecule has 1 atom stereocenters. The average molecular weight is 280 g/mol. The first-order chi connectivity index (χ1) is 10.1. The lowest BCUT2D eigenvalue weighted by Crippen LogP contribution is -2.61. The number of likely N-dealkylation sites (N-methyl/N-ethyl adjacent to an activating group) is 2. The summed E-state index contributed by atoms with van der Waals surface area (Å²) >= 11 is 0. The molecule has 0 aliphatic carbocycles. The minimum absolute atomic E-state index is 0.213. The Hall–Kier alpha value is -2.46. The van der Waals surface area contributed by atoms with Crippen molar-refractivity contribution in [3.63, 3.8) is 0 Å². The predicted molar refractivity (Wildman–Crippen MR) is 81.4 cm³/mol. The van der Waals surface area contributed by atoms with E-state index in [4.69, 9.17) is 0 Å². The molecule has 4 nitrogen and oxygen atoms in total. The average Bonchev–Trinajstić information content (AvgIpc) is 2.55. The van der Waals surface area contributed by atoms with Crippen LogP contribution in [-0.4, -0.2) is 25.8 Å². The van der Waals surface area contributed by atoms with Crippen LogP contribution in [0.1, 0.15) is 15.9 Å². The van der Waals surface area contributed by atoms with E-state index in [1.807, 2.05) is 30.3 Å². The minimum atomic E-state index is -1.36. The second-order valence-electron chi connectivity index (χ2n) is 5.08. The molecule has 1 aliphatic rings. The number of nitrogens with zero attached hydrogens (tertiary/aromatic N) is 1. The van der Waals surface area contributed by atoms with Crippen molar-refractivity contribution in [3.05, 3.63) is 65.7 Å². The van der Waals surface area contributed by atoms with Crippen molar-refractivity contribution in [3.8, 4) is 0 Å². The monoisotopic (exact) mass is 280 g/mol. The molecule has 0 bridgehead atoms. The summed E-state index contributed by atoms with van der Waals surface area (Å²) in [6.07, 6.45) is 0. The lowest BCUT2D eigenvalue weighted by Gasteiger charge is -2.39. The van der Waals surface area contributed by atoms with Gasteiger partial charge in [-0.15, -0.1) is 0 Å². The molecule has 2 aromatic carbocycles. The molecular weight excluding hydrogens is 264 g/mol. The van der Waals surface area contributed by atoms with Gasteiger partial charge in [0, 0.05) is 12.6 Å². The lowest BCUT2D eigenvalue weighted by atomic mass is 9.78. The Morgan fingerprint density at radius 1 is 0.952 bits per heavy atom. The van der Waals surface area contributed by atoms with Crippen molar-refractivity contribution in [1.82, 2.24) is 5.32 Å². The van der Waals surface area contributed by atoms with Crippen LogP contribution >= 0.6 is 0 Å². The number of rotatable bonds is 2. The van der Waals surface area contributed by atoms with Crippen LogP contribution < -0.4 is 10.2 Å². The van der Waals surface area contributed by atoms with E-state index in [9.17, 15) is 9.59 Å². The number of para-hydroxylation sites is 1. The number of Topliss-reactive ketones (excluding diaryl/α,β-unsaturated/α-hetero) is 1. The molecule has 1 unspecified atom stereocenters. The molecule has 21 heavy (non-hydrogen) atoms. The van der Waals surface area contributed by atoms with Crippen LogP contribution in [0.25, 0.3) is 0 Å². The highest BCUT2D eigenvalue weighted by Crippen LogP contribution is 2.37. The lowest BCUT2D eigenvalue weighted by molar-refractivity contribution is -0.123. The Balaban J connectivity index is 2.28. The number of carbonyl (C=O) groups excluding carboxylic acids is 2. The quantitative estimate of drug-likeness (QED) is 0.856. The van der Waals surface area contributed by atoms with E-state index in [1.165, 1.54) is 0 Å². The van der Waals surface area contributed by atoms with E-state index in [2.05, 4.69) is 5.32 Å². The van der Waals surface area contributed by atoms with Gasteiger partial charge in [0.05, 0.1) is 5.69 Å². The number of carbonyl (C=O) groups is 2. The number of hydrogen-bond acceptors (Lipinski definition) is 3. The molecule has 3 rings (SSSR count). The van der Waals surface area contributed by atoms with Crippen LogP contribution in [0, 0.1) is 0 Å². The maximum Gasteiger partial charge on any atom is 0.259 e. The van der Waals surface area contributed by atoms with E-state index in [1.54, 1.807) is 43.3 Å². The summed E-state index contributed by atoms with van der Waals surface area (Å²) in [7, 11) is 3.34. The number of fused-ring (bicyclic) bond motifs is 1. The SMILES string of the molecule is CNC1(c2ccccc2)C(=O)c2ccccc2N(C)C1=O. The van der Waals surface area contributed by atoms with Gasteiger partial charge in [-0.1, -0.05) is 42.5 Å². The zero-order valence-electron chi connectivity index (χ0n) is 12.0. The molecule has 1 heterocycles. The topological polar surface area (TPSA) is 49.4 Å². The van der Waals surface area contributed by atoms with E-state index < -0.39 is 5.54 Å². The van der Waals surface area contributed by atoms with E-state index in [-0.39, 0.29) is 11.7 Å². The first-order valence-electron chi connectivity index (χ1n) is 6.79. The highest BCUT2D eigenvalue weighted by atomic mass is 16.2. The molecule has 0 saturated carbocycles. The zero-order valence-corrected chi connectivity index (χ0v) is 12.0. The maximum atomic E-state index is 13.0. The number of hydrogen-bond donors (Lipinski definition) is 1. The number of benzene rings is 2. The van der Waals surface area contributed by atoms with E-state index in [0.717, 1.165) is 0 Å².